The van der Waals surface area contributed by atoms with Crippen LogP contribution in [0.5, 0.6) is 5.75 Å². The van der Waals surface area contributed by atoms with Crippen LogP contribution < -0.4 is 4.74 Å². The van der Waals surface area contributed by atoms with E-state index in [1.54, 1.807) is 0 Å². The second-order valence-corrected chi connectivity index (χ2v) is 4.45. The number of ether oxygens (including phenoxy) is 1. The maximum absolute atomic E-state index is 5.67. The summed E-state index contributed by atoms with van der Waals surface area (Å²) in [5.74, 6) is 1.72. The second-order valence-electron chi connectivity index (χ2n) is 4.45. The molecule has 1 nitrogen and oxygen atoms in total. The minimum atomic E-state index is 0.705. The van der Waals surface area contributed by atoms with Crippen molar-refractivity contribution in [2.75, 3.05) is 6.61 Å². The van der Waals surface area contributed by atoms with E-state index < -0.39 is 0 Å². The van der Waals surface area contributed by atoms with E-state index in [0.717, 1.165) is 25.2 Å². The maximum Gasteiger partial charge on any atom is 0.119 e. The lowest BCUT2D eigenvalue weighted by Gasteiger charge is -2.08. The smallest absolute Gasteiger partial charge is 0.119 e. The summed E-state index contributed by atoms with van der Waals surface area (Å²) in [7, 11) is 0. The summed E-state index contributed by atoms with van der Waals surface area (Å²) in [5.41, 5.74) is 1.37. The van der Waals surface area contributed by atoms with E-state index in [0.29, 0.717) is 5.92 Å². The molecule has 1 aromatic rings. The van der Waals surface area contributed by atoms with Gasteiger partial charge in [0.1, 0.15) is 5.75 Å². The van der Waals surface area contributed by atoms with Gasteiger partial charge in [0.2, 0.25) is 0 Å². The Balaban J connectivity index is 2.50. The molecule has 0 aliphatic rings. The summed E-state index contributed by atoms with van der Waals surface area (Å²) >= 11 is 0. The number of hydrogen-bond acceptors (Lipinski definition) is 1. The van der Waals surface area contributed by atoms with Crippen molar-refractivity contribution in [3.05, 3.63) is 29.8 Å². The third kappa shape index (κ3) is 4.87. The van der Waals surface area contributed by atoms with Gasteiger partial charge in [0.25, 0.3) is 0 Å². The van der Waals surface area contributed by atoms with Gasteiger partial charge in [-0.3, -0.25) is 0 Å². The van der Waals surface area contributed by atoms with E-state index in [2.05, 4.69) is 39.0 Å². The lowest BCUT2D eigenvalue weighted by molar-refractivity contribution is 0.309. The van der Waals surface area contributed by atoms with Gasteiger partial charge in [-0.15, -0.1) is 0 Å². The minimum Gasteiger partial charge on any atom is -0.494 e. The van der Waals surface area contributed by atoms with Gasteiger partial charge >= 0.3 is 0 Å². The van der Waals surface area contributed by atoms with E-state index in [1.807, 2.05) is 6.07 Å². The first-order valence-electron chi connectivity index (χ1n) is 5.94. The van der Waals surface area contributed by atoms with Crippen molar-refractivity contribution in [2.45, 2.75) is 40.0 Å². The predicted octanol–water partition coefficient (Wildman–Crippen LogP) is 4.06. The fraction of sp³-hybridized carbons (Fsp3) is 0.571. The molecule has 0 saturated carbocycles. The van der Waals surface area contributed by atoms with Gasteiger partial charge in [-0.2, -0.15) is 0 Å². The van der Waals surface area contributed by atoms with Gasteiger partial charge in [-0.05, 0) is 36.5 Å². The highest BCUT2D eigenvalue weighted by Gasteiger charge is 1.99. The lowest BCUT2D eigenvalue weighted by Crippen LogP contribution is -1.98. The number of rotatable bonds is 6. The van der Waals surface area contributed by atoms with Crippen molar-refractivity contribution in [1.29, 1.82) is 0 Å². The predicted molar refractivity (Wildman–Crippen MR) is 65.4 cm³/mol. The van der Waals surface area contributed by atoms with Crippen LogP contribution in [0.1, 0.15) is 39.2 Å². The Kier molecular flexibility index (Phi) is 5.23. The molecule has 0 fully saturated rings. The quantitative estimate of drug-likeness (QED) is 0.638. The third-order valence-corrected chi connectivity index (χ3v) is 2.31. The lowest BCUT2D eigenvalue weighted by atomic mass is 10.0. The monoisotopic (exact) mass is 206 g/mol. The Morgan fingerprint density at radius 2 is 2.07 bits per heavy atom. The van der Waals surface area contributed by atoms with Crippen LogP contribution in [-0.2, 0) is 6.42 Å². The molecule has 0 aliphatic heterocycles. The van der Waals surface area contributed by atoms with Crippen LogP contribution in [0.2, 0.25) is 0 Å². The topological polar surface area (TPSA) is 9.23 Å². The number of unbranched alkanes of at least 4 members (excludes halogenated alkanes) is 1. The molecule has 1 heteroatoms. The Morgan fingerprint density at radius 3 is 2.73 bits per heavy atom. The fourth-order valence-corrected chi connectivity index (χ4v) is 1.57. The molecular formula is C14H22O. The Morgan fingerprint density at radius 1 is 1.27 bits per heavy atom. The molecule has 1 aromatic carbocycles. The van der Waals surface area contributed by atoms with Gasteiger partial charge in [0.15, 0.2) is 0 Å². The van der Waals surface area contributed by atoms with Crippen LogP contribution in [0.4, 0.5) is 0 Å². The molecule has 0 amide bonds. The summed E-state index contributed by atoms with van der Waals surface area (Å²) in [6, 6.07) is 8.46. The zero-order valence-electron chi connectivity index (χ0n) is 10.1. The molecule has 0 N–H and O–H groups in total. The molecule has 0 atom stereocenters. The minimum absolute atomic E-state index is 0.705. The molecule has 0 unspecified atom stereocenters. The fourth-order valence-electron chi connectivity index (χ4n) is 1.57. The molecule has 0 aliphatic carbocycles. The zero-order valence-corrected chi connectivity index (χ0v) is 10.1. The maximum atomic E-state index is 5.67. The molecule has 0 saturated heterocycles. The van der Waals surface area contributed by atoms with Gasteiger partial charge in [-0.1, -0.05) is 39.3 Å². The molecule has 15 heavy (non-hydrogen) atoms. The van der Waals surface area contributed by atoms with E-state index >= 15 is 0 Å². The summed E-state index contributed by atoms with van der Waals surface area (Å²) < 4.78 is 5.67. The standard InChI is InChI=1S/C14H22O/c1-4-5-9-15-14-8-6-7-13(11-14)10-12(2)3/h6-8,11-12H,4-5,9-10H2,1-3H3. The van der Waals surface area contributed by atoms with Crippen LogP contribution in [0, 0.1) is 5.92 Å². The average Bonchev–Trinajstić information content (AvgIpc) is 2.18. The largest absolute Gasteiger partial charge is 0.494 e. The number of hydrogen-bond donors (Lipinski definition) is 0. The molecule has 0 radical (unpaired) electrons. The molecular weight excluding hydrogens is 184 g/mol. The van der Waals surface area contributed by atoms with Crippen molar-refractivity contribution in [2.24, 2.45) is 5.92 Å². The Bertz CT molecular complexity index is 278. The number of benzene rings is 1. The summed E-state index contributed by atoms with van der Waals surface area (Å²) in [6.45, 7) is 7.50. The first kappa shape index (κ1) is 12.1. The van der Waals surface area contributed by atoms with Gasteiger partial charge < -0.3 is 4.74 Å². The van der Waals surface area contributed by atoms with E-state index in [9.17, 15) is 0 Å². The van der Waals surface area contributed by atoms with Crippen molar-refractivity contribution in [1.82, 2.24) is 0 Å². The highest BCUT2D eigenvalue weighted by molar-refractivity contribution is 5.28. The summed E-state index contributed by atoms with van der Waals surface area (Å²) in [6.07, 6.45) is 3.45. The average molecular weight is 206 g/mol. The molecule has 0 heterocycles. The van der Waals surface area contributed by atoms with E-state index in [4.69, 9.17) is 4.74 Å². The third-order valence-electron chi connectivity index (χ3n) is 2.31. The normalized spacial score (nSPS) is 10.7. The van der Waals surface area contributed by atoms with Gasteiger partial charge in [0.05, 0.1) is 6.61 Å². The molecule has 1 rings (SSSR count). The summed E-state index contributed by atoms with van der Waals surface area (Å²) in [5, 5.41) is 0. The molecule has 84 valence electrons. The van der Waals surface area contributed by atoms with Crippen molar-refractivity contribution < 1.29 is 4.74 Å². The van der Waals surface area contributed by atoms with Crippen LogP contribution in [0.15, 0.2) is 24.3 Å². The van der Waals surface area contributed by atoms with Crippen LogP contribution in [-0.4, -0.2) is 6.61 Å². The van der Waals surface area contributed by atoms with Crippen molar-refractivity contribution in [3.63, 3.8) is 0 Å². The van der Waals surface area contributed by atoms with Crippen LogP contribution >= 0.6 is 0 Å². The van der Waals surface area contributed by atoms with E-state index in [1.165, 1.54) is 12.0 Å². The Labute approximate surface area is 93.5 Å². The van der Waals surface area contributed by atoms with Crippen molar-refractivity contribution in [3.8, 4) is 5.75 Å². The SMILES string of the molecule is CCCCOc1cccc(CC(C)C)c1. The van der Waals surface area contributed by atoms with Crippen molar-refractivity contribution >= 4 is 0 Å². The van der Waals surface area contributed by atoms with Gasteiger partial charge in [-0.25, -0.2) is 0 Å². The first-order valence-corrected chi connectivity index (χ1v) is 5.94. The van der Waals surface area contributed by atoms with Crippen LogP contribution in [0.3, 0.4) is 0 Å². The molecule has 0 aromatic heterocycles. The van der Waals surface area contributed by atoms with E-state index in [-0.39, 0.29) is 0 Å². The summed E-state index contributed by atoms with van der Waals surface area (Å²) in [4.78, 5) is 0. The zero-order chi connectivity index (χ0) is 11.1. The molecule has 0 bridgehead atoms. The second kappa shape index (κ2) is 6.49. The Hall–Kier alpha value is -0.980. The highest BCUT2D eigenvalue weighted by Crippen LogP contribution is 2.16. The first-order chi connectivity index (χ1) is 7.22. The highest BCUT2D eigenvalue weighted by atomic mass is 16.5. The molecule has 0 spiro atoms. The van der Waals surface area contributed by atoms with Gasteiger partial charge in [0, 0.05) is 0 Å². The van der Waals surface area contributed by atoms with Crippen LogP contribution in [0.25, 0.3) is 0 Å².